The number of amides is 1. The predicted molar refractivity (Wildman–Crippen MR) is 59.0 cm³/mol. The number of ether oxygens (including phenoxy) is 2. The minimum Gasteiger partial charge on any atom is -0.448 e. The number of carbonyl (C=O) groups is 2. The molecule has 3 N–H and O–H groups in total. The molecule has 0 radical (unpaired) electrons. The van der Waals surface area contributed by atoms with Gasteiger partial charge in [0.1, 0.15) is 11.6 Å². The summed E-state index contributed by atoms with van der Waals surface area (Å²) in [5.41, 5.74) is 4.66. The van der Waals surface area contributed by atoms with Crippen molar-refractivity contribution in [3.8, 4) is 0 Å². The van der Waals surface area contributed by atoms with E-state index in [1.807, 2.05) is 0 Å². The molecule has 6 nitrogen and oxygen atoms in total. The zero-order valence-electron chi connectivity index (χ0n) is 9.58. The molecular weight excluding hydrogens is 236 g/mol. The standard InChI is InChI=1S/C9H17ClN2O4/c1-9(2,3)16-8(14)12-6(4-11)7(13)15-5-10/h6H,4-5,11H2,1-3H3,(H,12,14)/t6-/m0/s1. The van der Waals surface area contributed by atoms with Crippen molar-refractivity contribution in [2.75, 3.05) is 12.6 Å². The van der Waals surface area contributed by atoms with Gasteiger partial charge in [-0.15, -0.1) is 0 Å². The van der Waals surface area contributed by atoms with Gasteiger partial charge in [0.25, 0.3) is 0 Å². The Kier molecular flexibility index (Phi) is 6.13. The molecule has 0 rings (SSSR count). The summed E-state index contributed by atoms with van der Waals surface area (Å²) >= 11 is 5.21. The highest BCUT2D eigenvalue weighted by Crippen LogP contribution is 2.06. The minimum absolute atomic E-state index is 0.0883. The molecule has 16 heavy (non-hydrogen) atoms. The molecule has 0 aliphatic heterocycles. The maximum absolute atomic E-state index is 11.3. The first-order valence-electron chi connectivity index (χ1n) is 4.72. The number of alkyl carbamates (subject to hydrolysis) is 1. The summed E-state index contributed by atoms with van der Waals surface area (Å²) in [7, 11) is 0. The van der Waals surface area contributed by atoms with Crippen LogP contribution in [0.3, 0.4) is 0 Å². The van der Waals surface area contributed by atoms with Gasteiger partial charge in [-0.1, -0.05) is 11.6 Å². The van der Waals surface area contributed by atoms with Crippen molar-refractivity contribution in [3.63, 3.8) is 0 Å². The normalized spacial score (nSPS) is 12.8. The second-order valence-corrected chi connectivity index (χ2v) is 4.23. The minimum atomic E-state index is -0.950. The monoisotopic (exact) mass is 252 g/mol. The second-order valence-electron chi connectivity index (χ2n) is 4.01. The van der Waals surface area contributed by atoms with Crippen molar-refractivity contribution in [1.82, 2.24) is 5.32 Å². The van der Waals surface area contributed by atoms with Crippen molar-refractivity contribution >= 4 is 23.7 Å². The molecule has 1 amide bonds. The third-order valence-corrected chi connectivity index (χ3v) is 1.52. The number of esters is 1. The summed E-state index contributed by atoms with van der Waals surface area (Å²) in [5, 5.41) is 2.29. The Hall–Kier alpha value is -1.01. The van der Waals surface area contributed by atoms with Crippen LogP contribution >= 0.6 is 11.6 Å². The van der Waals surface area contributed by atoms with Crippen LogP contribution in [0.2, 0.25) is 0 Å². The quantitative estimate of drug-likeness (QED) is 0.564. The van der Waals surface area contributed by atoms with Crippen LogP contribution in [-0.2, 0) is 14.3 Å². The Morgan fingerprint density at radius 3 is 2.38 bits per heavy atom. The largest absolute Gasteiger partial charge is 0.448 e. The number of nitrogens with two attached hydrogens (primary N) is 1. The van der Waals surface area contributed by atoms with E-state index in [0.29, 0.717) is 0 Å². The van der Waals surface area contributed by atoms with Crippen molar-refractivity contribution in [2.45, 2.75) is 32.4 Å². The molecule has 94 valence electrons. The molecule has 0 spiro atoms. The van der Waals surface area contributed by atoms with Crippen LogP contribution in [0.25, 0.3) is 0 Å². The summed E-state index contributed by atoms with van der Waals surface area (Å²) in [6.07, 6.45) is -0.727. The molecule has 0 aliphatic carbocycles. The Morgan fingerprint density at radius 1 is 1.44 bits per heavy atom. The van der Waals surface area contributed by atoms with Gasteiger partial charge in [0, 0.05) is 6.54 Å². The summed E-state index contributed by atoms with van der Waals surface area (Å²) in [4.78, 5) is 22.5. The molecule has 0 heterocycles. The van der Waals surface area contributed by atoms with Crippen LogP contribution in [-0.4, -0.2) is 36.3 Å². The smallest absolute Gasteiger partial charge is 0.408 e. The Morgan fingerprint density at radius 2 is 2.00 bits per heavy atom. The van der Waals surface area contributed by atoms with Gasteiger partial charge in [0.15, 0.2) is 6.07 Å². The van der Waals surface area contributed by atoms with E-state index in [4.69, 9.17) is 22.1 Å². The van der Waals surface area contributed by atoms with E-state index in [2.05, 4.69) is 10.1 Å². The Balaban J connectivity index is 4.22. The number of halogens is 1. The third kappa shape index (κ3) is 6.47. The highest BCUT2D eigenvalue weighted by atomic mass is 35.5. The summed E-state index contributed by atoms with van der Waals surface area (Å²) in [6, 6.07) is -1.24. The maximum atomic E-state index is 11.3. The first-order chi connectivity index (χ1) is 7.30. The molecule has 0 aromatic heterocycles. The highest BCUT2D eigenvalue weighted by Gasteiger charge is 2.24. The van der Waals surface area contributed by atoms with Crippen LogP contribution in [0, 0.1) is 0 Å². The first kappa shape index (κ1) is 15.0. The van der Waals surface area contributed by atoms with E-state index in [0.717, 1.165) is 0 Å². The molecule has 1 atom stereocenters. The number of carbonyl (C=O) groups excluding carboxylic acids is 2. The molecular formula is C9H17ClN2O4. The van der Waals surface area contributed by atoms with Crippen molar-refractivity contribution in [3.05, 3.63) is 0 Å². The van der Waals surface area contributed by atoms with E-state index < -0.39 is 23.7 Å². The molecule has 0 saturated carbocycles. The van der Waals surface area contributed by atoms with Crippen LogP contribution < -0.4 is 11.1 Å². The molecule has 0 fully saturated rings. The molecule has 7 heteroatoms. The first-order valence-corrected chi connectivity index (χ1v) is 5.25. The Bertz CT molecular complexity index is 252. The SMILES string of the molecule is CC(C)(C)OC(=O)N[C@@H](CN)C(=O)OCCl. The number of hydrogen-bond donors (Lipinski definition) is 2. The van der Waals surface area contributed by atoms with Crippen LogP contribution in [0.4, 0.5) is 4.79 Å². The summed E-state index contributed by atoms with van der Waals surface area (Å²) < 4.78 is 9.45. The van der Waals surface area contributed by atoms with E-state index in [1.54, 1.807) is 20.8 Å². The zero-order chi connectivity index (χ0) is 12.8. The summed E-state index contributed by atoms with van der Waals surface area (Å²) in [5.74, 6) is -0.691. The van der Waals surface area contributed by atoms with Gasteiger partial charge >= 0.3 is 12.1 Å². The van der Waals surface area contributed by atoms with E-state index in [1.165, 1.54) is 0 Å². The van der Waals surface area contributed by atoms with Gasteiger partial charge in [-0.25, -0.2) is 9.59 Å². The topological polar surface area (TPSA) is 90.6 Å². The van der Waals surface area contributed by atoms with Crippen molar-refractivity contribution in [1.29, 1.82) is 0 Å². The molecule has 0 aromatic rings. The van der Waals surface area contributed by atoms with Crippen LogP contribution in [0.15, 0.2) is 0 Å². The van der Waals surface area contributed by atoms with Crippen molar-refractivity contribution < 1.29 is 19.1 Å². The van der Waals surface area contributed by atoms with Gasteiger partial charge in [0.2, 0.25) is 0 Å². The zero-order valence-corrected chi connectivity index (χ0v) is 10.3. The van der Waals surface area contributed by atoms with Crippen LogP contribution in [0.1, 0.15) is 20.8 Å². The van der Waals surface area contributed by atoms with Crippen LogP contribution in [0.5, 0.6) is 0 Å². The number of rotatable bonds is 4. The van der Waals surface area contributed by atoms with Gasteiger partial charge in [-0.2, -0.15) is 0 Å². The summed E-state index contributed by atoms with van der Waals surface area (Å²) in [6.45, 7) is 5.04. The molecule has 0 bridgehead atoms. The Labute approximate surface area is 99.4 Å². The fourth-order valence-corrected chi connectivity index (χ4v) is 0.926. The van der Waals surface area contributed by atoms with Gasteiger partial charge in [-0.3, -0.25) is 0 Å². The fraction of sp³-hybridized carbons (Fsp3) is 0.778. The number of nitrogens with one attached hydrogen (secondary N) is 1. The van der Waals surface area contributed by atoms with Gasteiger partial charge in [0.05, 0.1) is 0 Å². The maximum Gasteiger partial charge on any atom is 0.408 e. The number of hydrogen-bond acceptors (Lipinski definition) is 5. The molecule has 0 aliphatic rings. The fourth-order valence-electron chi connectivity index (χ4n) is 0.818. The average molecular weight is 253 g/mol. The lowest BCUT2D eigenvalue weighted by molar-refractivity contribution is -0.143. The van der Waals surface area contributed by atoms with E-state index >= 15 is 0 Å². The lowest BCUT2D eigenvalue weighted by Gasteiger charge is -2.22. The lowest BCUT2D eigenvalue weighted by Crippen LogP contribution is -2.48. The molecule has 0 unspecified atom stereocenters. The lowest BCUT2D eigenvalue weighted by atomic mass is 10.2. The third-order valence-electron chi connectivity index (χ3n) is 1.41. The number of alkyl halides is 1. The van der Waals surface area contributed by atoms with Gasteiger partial charge < -0.3 is 20.5 Å². The van der Waals surface area contributed by atoms with Crippen molar-refractivity contribution in [2.24, 2.45) is 5.73 Å². The molecule has 0 saturated heterocycles. The second kappa shape index (κ2) is 6.55. The van der Waals surface area contributed by atoms with Gasteiger partial charge in [-0.05, 0) is 20.8 Å². The predicted octanol–water partition coefficient (Wildman–Crippen LogP) is 0.578. The average Bonchev–Trinajstić information content (AvgIpc) is 2.11. The van der Waals surface area contributed by atoms with E-state index in [-0.39, 0.29) is 12.6 Å². The highest BCUT2D eigenvalue weighted by molar-refractivity contribution is 6.17. The van der Waals surface area contributed by atoms with E-state index in [9.17, 15) is 9.59 Å². The molecule has 0 aromatic carbocycles.